The average molecular weight is 404 g/mol. The number of carbonyl (C=O) groups is 2. The van der Waals surface area contributed by atoms with Gasteiger partial charge >= 0.3 is 6.03 Å². The van der Waals surface area contributed by atoms with Gasteiger partial charge in [-0.2, -0.15) is 0 Å². The molecule has 1 aromatic heterocycles. The van der Waals surface area contributed by atoms with Crippen molar-refractivity contribution in [3.8, 4) is 0 Å². The number of para-hydroxylation sites is 2. The third-order valence-electron chi connectivity index (χ3n) is 4.58. The number of pyridine rings is 1. The Morgan fingerprint density at radius 3 is 2.10 bits per heavy atom. The van der Waals surface area contributed by atoms with E-state index in [-0.39, 0.29) is 17.7 Å². The summed E-state index contributed by atoms with van der Waals surface area (Å²) in [6.07, 6.45) is 0. The predicted molar refractivity (Wildman–Crippen MR) is 112 cm³/mol. The van der Waals surface area contributed by atoms with E-state index in [1.165, 1.54) is 18.2 Å². The van der Waals surface area contributed by atoms with E-state index in [1.807, 2.05) is 0 Å². The molecule has 30 heavy (non-hydrogen) atoms. The van der Waals surface area contributed by atoms with Gasteiger partial charge in [-0.05, 0) is 42.5 Å². The fraction of sp³-hybridized carbons (Fsp3) is 0.0455. The first kappa shape index (κ1) is 19.1. The number of hydrogen-bond donors (Lipinski definition) is 3. The standard InChI is InChI=1S/C22H17FN4O3/c23-14-6-5-7-15(12-14)24-22(30)26-25-20(28)13-27-18-10-3-1-8-16(18)21(29)17-9-2-4-11-19(17)27/h1-12H,13H2,(H,25,28)(H2,24,26,30). The number of fused-ring (bicyclic) bond motifs is 2. The number of nitrogens with one attached hydrogen (secondary N) is 3. The molecular formula is C22H17FN4O3. The molecule has 4 rings (SSSR count). The minimum atomic E-state index is -0.719. The van der Waals surface area contributed by atoms with Gasteiger partial charge < -0.3 is 9.88 Å². The topological polar surface area (TPSA) is 92.2 Å². The molecule has 3 N–H and O–H groups in total. The van der Waals surface area contributed by atoms with Crippen molar-refractivity contribution < 1.29 is 14.0 Å². The van der Waals surface area contributed by atoms with E-state index >= 15 is 0 Å². The van der Waals surface area contributed by atoms with Crippen LogP contribution in [0.5, 0.6) is 0 Å². The van der Waals surface area contributed by atoms with Crippen LogP contribution in [0.15, 0.2) is 77.6 Å². The summed E-state index contributed by atoms with van der Waals surface area (Å²) < 4.78 is 14.9. The van der Waals surface area contributed by atoms with Gasteiger partial charge in [0.25, 0.3) is 5.91 Å². The van der Waals surface area contributed by atoms with Crippen LogP contribution >= 0.6 is 0 Å². The van der Waals surface area contributed by atoms with E-state index in [4.69, 9.17) is 0 Å². The molecule has 0 atom stereocenters. The Balaban J connectivity index is 1.53. The molecule has 0 unspecified atom stereocenters. The molecule has 0 saturated carbocycles. The van der Waals surface area contributed by atoms with Crippen LogP contribution in [0.3, 0.4) is 0 Å². The number of rotatable bonds is 3. The molecule has 4 aromatic rings. The van der Waals surface area contributed by atoms with Crippen molar-refractivity contribution in [1.82, 2.24) is 15.4 Å². The summed E-state index contributed by atoms with van der Waals surface area (Å²) in [6.45, 7) is -0.123. The Morgan fingerprint density at radius 1 is 0.833 bits per heavy atom. The SMILES string of the molecule is O=C(Cn1c2ccccc2c(=O)c2ccccc21)NNC(=O)Nc1cccc(F)c1. The molecule has 3 amide bonds. The molecule has 0 aliphatic heterocycles. The smallest absolute Gasteiger partial charge is 0.331 e. The fourth-order valence-electron chi connectivity index (χ4n) is 3.29. The van der Waals surface area contributed by atoms with Crippen LogP contribution < -0.4 is 21.6 Å². The van der Waals surface area contributed by atoms with Gasteiger partial charge in [0, 0.05) is 16.5 Å². The molecule has 0 aliphatic carbocycles. The van der Waals surface area contributed by atoms with Crippen molar-refractivity contribution >= 4 is 39.4 Å². The molecule has 0 radical (unpaired) electrons. The van der Waals surface area contributed by atoms with Crippen LogP contribution in [0.1, 0.15) is 0 Å². The first-order valence-corrected chi connectivity index (χ1v) is 9.14. The molecule has 7 nitrogen and oxygen atoms in total. The summed E-state index contributed by atoms with van der Waals surface area (Å²) in [7, 11) is 0. The van der Waals surface area contributed by atoms with Crippen molar-refractivity contribution in [3.05, 3.63) is 88.8 Å². The molecule has 1 heterocycles. The lowest BCUT2D eigenvalue weighted by atomic mass is 10.1. The summed E-state index contributed by atoms with van der Waals surface area (Å²) in [6, 6.07) is 18.7. The molecule has 0 spiro atoms. The maximum Gasteiger partial charge on any atom is 0.337 e. The van der Waals surface area contributed by atoms with Gasteiger partial charge in [0.1, 0.15) is 12.4 Å². The summed E-state index contributed by atoms with van der Waals surface area (Å²) in [5.41, 5.74) is 5.91. The Kier molecular flexibility index (Phi) is 5.13. The van der Waals surface area contributed by atoms with Crippen LogP contribution in [0.2, 0.25) is 0 Å². The lowest BCUT2D eigenvalue weighted by Crippen LogP contribution is -2.45. The van der Waals surface area contributed by atoms with E-state index in [0.29, 0.717) is 21.8 Å². The van der Waals surface area contributed by atoms with Crippen molar-refractivity contribution in [1.29, 1.82) is 0 Å². The van der Waals surface area contributed by atoms with Crippen molar-refractivity contribution in [2.24, 2.45) is 0 Å². The van der Waals surface area contributed by atoms with E-state index < -0.39 is 17.8 Å². The number of amides is 3. The largest absolute Gasteiger partial charge is 0.337 e. The van der Waals surface area contributed by atoms with Gasteiger partial charge in [-0.1, -0.05) is 30.3 Å². The van der Waals surface area contributed by atoms with Crippen LogP contribution in [-0.2, 0) is 11.3 Å². The van der Waals surface area contributed by atoms with Crippen LogP contribution in [0.4, 0.5) is 14.9 Å². The number of anilines is 1. The summed E-state index contributed by atoms with van der Waals surface area (Å²) >= 11 is 0. The Morgan fingerprint density at radius 2 is 1.47 bits per heavy atom. The van der Waals surface area contributed by atoms with Crippen LogP contribution in [0, 0.1) is 5.82 Å². The van der Waals surface area contributed by atoms with Gasteiger partial charge in [0.05, 0.1) is 11.0 Å². The molecule has 0 bridgehead atoms. The quantitative estimate of drug-likeness (QED) is 0.362. The third kappa shape index (κ3) is 3.83. The minimum absolute atomic E-state index is 0.106. The Bertz CT molecular complexity index is 1270. The number of hydrazine groups is 1. The molecule has 150 valence electrons. The first-order chi connectivity index (χ1) is 14.5. The second-order valence-corrected chi connectivity index (χ2v) is 6.59. The molecule has 3 aromatic carbocycles. The number of benzene rings is 3. The zero-order chi connectivity index (χ0) is 21.1. The maximum atomic E-state index is 13.2. The highest BCUT2D eigenvalue weighted by Crippen LogP contribution is 2.18. The second kappa shape index (κ2) is 8.04. The predicted octanol–water partition coefficient (Wildman–Crippen LogP) is 3.15. The number of hydrogen-bond acceptors (Lipinski definition) is 3. The van der Waals surface area contributed by atoms with Crippen molar-refractivity contribution in [2.75, 3.05) is 5.32 Å². The molecule has 0 saturated heterocycles. The number of urea groups is 1. The van der Waals surface area contributed by atoms with Gasteiger partial charge in [-0.15, -0.1) is 0 Å². The van der Waals surface area contributed by atoms with Crippen molar-refractivity contribution in [3.63, 3.8) is 0 Å². The van der Waals surface area contributed by atoms with Gasteiger partial charge in [0.15, 0.2) is 5.43 Å². The number of carbonyl (C=O) groups excluding carboxylic acids is 2. The fourth-order valence-corrected chi connectivity index (χ4v) is 3.29. The van der Waals surface area contributed by atoms with Gasteiger partial charge in [-0.3, -0.25) is 15.0 Å². The highest BCUT2D eigenvalue weighted by Gasteiger charge is 2.13. The Hall–Kier alpha value is -4.20. The lowest BCUT2D eigenvalue weighted by Gasteiger charge is -2.15. The molecule has 0 fully saturated rings. The number of aromatic nitrogens is 1. The van der Waals surface area contributed by atoms with Crippen LogP contribution in [-0.4, -0.2) is 16.5 Å². The Labute approximate surface area is 170 Å². The monoisotopic (exact) mass is 404 g/mol. The van der Waals surface area contributed by atoms with E-state index in [1.54, 1.807) is 53.1 Å². The highest BCUT2D eigenvalue weighted by atomic mass is 19.1. The number of nitrogens with zero attached hydrogens (tertiary/aromatic N) is 1. The van der Waals surface area contributed by atoms with Gasteiger partial charge in [0.2, 0.25) is 0 Å². The highest BCUT2D eigenvalue weighted by molar-refractivity contribution is 5.95. The van der Waals surface area contributed by atoms with Crippen LogP contribution in [0.25, 0.3) is 21.8 Å². The molecule has 8 heteroatoms. The zero-order valence-electron chi connectivity index (χ0n) is 15.7. The van der Waals surface area contributed by atoms with Crippen molar-refractivity contribution in [2.45, 2.75) is 6.54 Å². The van der Waals surface area contributed by atoms with E-state index in [2.05, 4.69) is 16.2 Å². The first-order valence-electron chi connectivity index (χ1n) is 9.14. The van der Waals surface area contributed by atoms with E-state index in [9.17, 15) is 18.8 Å². The summed E-state index contributed by atoms with van der Waals surface area (Å²) in [4.78, 5) is 37.2. The zero-order valence-corrected chi connectivity index (χ0v) is 15.7. The normalized spacial score (nSPS) is 10.7. The third-order valence-corrected chi connectivity index (χ3v) is 4.58. The molecular weight excluding hydrogens is 387 g/mol. The number of halogens is 1. The average Bonchev–Trinajstić information content (AvgIpc) is 2.75. The maximum absolute atomic E-state index is 13.2. The lowest BCUT2D eigenvalue weighted by molar-refractivity contribution is -0.122. The summed E-state index contributed by atoms with van der Waals surface area (Å²) in [5, 5.41) is 3.42. The second-order valence-electron chi connectivity index (χ2n) is 6.59. The molecule has 0 aliphatic rings. The van der Waals surface area contributed by atoms with E-state index in [0.717, 1.165) is 6.07 Å². The van der Waals surface area contributed by atoms with Gasteiger partial charge in [-0.25, -0.2) is 14.6 Å². The summed E-state index contributed by atoms with van der Waals surface area (Å²) in [5.74, 6) is -0.989. The minimum Gasteiger partial charge on any atom is -0.331 e.